The van der Waals surface area contributed by atoms with Crippen LogP contribution in [0.5, 0.6) is 0 Å². The summed E-state index contributed by atoms with van der Waals surface area (Å²) in [6.07, 6.45) is 2.21. The maximum atomic E-state index is 4.85. The van der Waals surface area contributed by atoms with E-state index in [0.29, 0.717) is 0 Å². The molecule has 0 atom stereocenters. The zero-order chi connectivity index (χ0) is 12.8. The number of fused-ring (bicyclic) bond motifs is 3. The smallest absolute Gasteiger partial charge is 0.138 e. The molecule has 3 heteroatoms. The summed E-state index contributed by atoms with van der Waals surface area (Å²) in [4.78, 5) is 9.83. The predicted molar refractivity (Wildman–Crippen MR) is 79.5 cm³/mol. The first kappa shape index (κ1) is 11.0. The lowest BCUT2D eigenvalue weighted by Gasteiger charge is -2.09. The Balaban J connectivity index is 1.89. The molecule has 0 fully saturated rings. The van der Waals surface area contributed by atoms with Crippen LogP contribution in [-0.4, -0.2) is 9.97 Å². The van der Waals surface area contributed by atoms with E-state index in [0.717, 1.165) is 24.4 Å². The molecule has 2 nitrogen and oxygen atoms in total. The van der Waals surface area contributed by atoms with Gasteiger partial charge in [0.15, 0.2) is 0 Å². The van der Waals surface area contributed by atoms with Crippen molar-refractivity contribution in [2.24, 2.45) is 0 Å². The van der Waals surface area contributed by atoms with E-state index < -0.39 is 0 Å². The van der Waals surface area contributed by atoms with Crippen LogP contribution in [0.15, 0.2) is 35.7 Å². The second-order valence-corrected chi connectivity index (χ2v) is 5.99. The lowest BCUT2D eigenvalue weighted by molar-refractivity contribution is 0.927. The van der Waals surface area contributed by atoms with Crippen molar-refractivity contribution in [3.63, 3.8) is 0 Å². The summed E-state index contributed by atoms with van der Waals surface area (Å²) in [7, 11) is 0. The Bertz CT molecular complexity index is 752. The van der Waals surface area contributed by atoms with Gasteiger partial charge >= 0.3 is 0 Å². The van der Waals surface area contributed by atoms with Crippen molar-refractivity contribution in [1.82, 2.24) is 9.97 Å². The molecular formula is C16H14N2S. The van der Waals surface area contributed by atoms with Gasteiger partial charge in [0.25, 0.3) is 0 Å². The molecule has 3 aromatic rings. The molecule has 1 N–H and O–H groups in total. The number of benzene rings is 1. The summed E-state index contributed by atoms with van der Waals surface area (Å²) in [6.45, 7) is 2.13. The molecule has 0 unspecified atom stereocenters. The maximum Gasteiger partial charge on any atom is 0.138 e. The number of thiophene rings is 1. The molecule has 4 rings (SSSR count). The summed E-state index contributed by atoms with van der Waals surface area (Å²) in [5.74, 6) is 1.00. The van der Waals surface area contributed by atoms with E-state index in [1.807, 2.05) is 11.3 Å². The van der Waals surface area contributed by atoms with E-state index in [9.17, 15) is 0 Å². The number of rotatable bonds is 1. The molecule has 0 amide bonds. The fourth-order valence-corrected chi connectivity index (χ4v) is 3.64. The Labute approximate surface area is 116 Å². The summed E-state index contributed by atoms with van der Waals surface area (Å²) in [6, 6.07) is 10.6. The number of imidazole rings is 1. The van der Waals surface area contributed by atoms with Crippen LogP contribution in [0.3, 0.4) is 0 Å². The van der Waals surface area contributed by atoms with Gasteiger partial charge in [-0.1, -0.05) is 24.3 Å². The molecule has 2 heterocycles. The second-order valence-electron chi connectivity index (χ2n) is 4.98. The lowest BCUT2D eigenvalue weighted by atomic mass is 10.0. The van der Waals surface area contributed by atoms with Gasteiger partial charge in [0.2, 0.25) is 0 Å². The van der Waals surface area contributed by atoms with Crippen LogP contribution >= 0.6 is 11.3 Å². The van der Waals surface area contributed by atoms with Crippen molar-refractivity contribution in [1.29, 1.82) is 0 Å². The molecule has 19 heavy (non-hydrogen) atoms. The van der Waals surface area contributed by atoms with Crippen LogP contribution in [0.2, 0.25) is 0 Å². The van der Waals surface area contributed by atoms with Gasteiger partial charge in [-0.2, -0.15) is 0 Å². The molecule has 0 spiro atoms. The van der Waals surface area contributed by atoms with Crippen LogP contribution in [0.4, 0.5) is 0 Å². The zero-order valence-corrected chi connectivity index (χ0v) is 11.6. The van der Waals surface area contributed by atoms with Crippen LogP contribution in [0, 0.1) is 6.92 Å². The molecule has 0 saturated heterocycles. The average Bonchev–Trinajstić information content (AvgIpc) is 3.04. The normalized spacial score (nSPS) is 13.1. The summed E-state index contributed by atoms with van der Waals surface area (Å²) >= 11 is 1.84. The fourth-order valence-electron chi connectivity index (χ4n) is 2.76. The first-order chi connectivity index (χ1) is 9.33. The van der Waals surface area contributed by atoms with E-state index in [1.165, 1.54) is 27.3 Å². The molecule has 0 aliphatic heterocycles. The SMILES string of the molecule is Cc1ccccc1-c1nc2c([nH]1)CCc1sccc1-2. The molecule has 0 saturated carbocycles. The minimum absolute atomic E-state index is 1.00. The minimum atomic E-state index is 1.00. The Morgan fingerprint density at radius 2 is 2.00 bits per heavy atom. The topological polar surface area (TPSA) is 28.7 Å². The Morgan fingerprint density at radius 3 is 2.89 bits per heavy atom. The van der Waals surface area contributed by atoms with Crippen LogP contribution in [0.25, 0.3) is 22.6 Å². The molecule has 1 aliphatic carbocycles. The largest absolute Gasteiger partial charge is 0.341 e. The monoisotopic (exact) mass is 266 g/mol. The summed E-state index contributed by atoms with van der Waals surface area (Å²) < 4.78 is 0. The third kappa shape index (κ3) is 1.65. The third-order valence-electron chi connectivity index (χ3n) is 3.78. The molecule has 94 valence electrons. The molecule has 0 radical (unpaired) electrons. The van der Waals surface area contributed by atoms with Crippen molar-refractivity contribution in [3.05, 3.63) is 51.8 Å². The van der Waals surface area contributed by atoms with Gasteiger partial charge in [0.1, 0.15) is 5.82 Å². The highest BCUT2D eigenvalue weighted by Gasteiger charge is 2.21. The fraction of sp³-hybridized carbons (Fsp3) is 0.188. The van der Waals surface area contributed by atoms with E-state index in [4.69, 9.17) is 4.98 Å². The highest BCUT2D eigenvalue weighted by molar-refractivity contribution is 7.10. The average molecular weight is 266 g/mol. The van der Waals surface area contributed by atoms with E-state index in [1.54, 1.807) is 0 Å². The van der Waals surface area contributed by atoms with Crippen molar-refractivity contribution in [3.8, 4) is 22.6 Å². The summed E-state index contributed by atoms with van der Waals surface area (Å²) in [5, 5.41) is 2.17. The van der Waals surface area contributed by atoms with Crippen molar-refractivity contribution in [2.45, 2.75) is 19.8 Å². The van der Waals surface area contributed by atoms with E-state index >= 15 is 0 Å². The number of aromatic amines is 1. The van der Waals surface area contributed by atoms with Crippen molar-refractivity contribution in [2.75, 3.05) is 0 Å². The highest BCUT2D eigenvalue weighted by Crippen LogP contribution is 2.36. The second kappa shape index (κ2) is 4.07. The molecule has 0 bridgehead atoms. The lowest BCUT2D eigenvalue weighted by Crippen LogP contribution is -1.99. The third-order valence-corrected chi connectivity index (χ3v) is 4.76. The van der Waals surface area contributed by atoms with E-state index in [2.05, 4.69) is 47.6 Å². The van der Waals surface area contributed by atoms with Gasteiger partial charge in [-0.15, -0.1) is 11.3 Å². The van der Waals surface area contributed by atoms with Gasteiger partial charge in [-0.05, 0) is 36.8 Å². The Kier molecular flexibility index (Phi) is 2.35. The highest BCUT2D eigenvalue weighted by atomic mass is 32.1. The predicted octanol–water partition coefficient (Wildman–Crippen LogP) is 4.21. The minimum Gasteiger partial charge on any atom is -0.341 e. The number of aromatic nitrogens is 2. The van der Waals surface area contributed by atoms with Crippen LogP contribution in [-0.2, 0) is 12.8 Å². The quantitative estimate of drug-likeness (QED) is 0.702. The first-order valence-electron chi connectivity index (χ1n) is 6.54. The number of nitrogens with one attached hydrogen (secondary N) is 1. The molecular weight excluding hydrogens is 252 g/mol. The Hall–Kier alpha value is -1.87. The summed E-state index contributed by atoms with van der Waals surface area (Å²) in [5.41, 5.74) is 6.22. The number of aryl methyl sites for hydroxylation is 3. The number of hydrogen-bond donors (Lipinski definition) is 1. The Morgan fingerprint density at radius 1 is 1.11 bits per heavy atom. The molecule has 1 aliphatic rings. The van der Waals surface area contributed by atoms with Crippen LogP contribution < -0.4 is 0 Å². The molecule has 1 aromatic carbocycles. The standard InChI is InChI=1S/C16H14N2S/c1-10-4-2-3-5-11(10)16-17-13-6-7-14-12(8-9-19-14)15(13)18-16/h2-5,8-9H,6-7H2,1H3,(H,17,18). The number of H-pyrrole nitrogens is 1. The molecule has 2 aromatic heterocycles. The van der Waals surface area contributed by atoms with Gasteiger partial charge in [0, 0.05) is 21.7 Å². The number of hydrogen-bond acceptors (Lipinski definition) is 2. The van der Waals surface area contributed by atoms with E-state index in [-0.39, 0.29) is 0 Å². The van der Waals surface area contributed by atoms with Crippen molar-refractivity contribution < 1.29 is 0 Å². The van der Waals surface area contributed by atoms with Gasteiger partial charge < -0.3 is 4.98 Å². The van der Waals surface area contributed by atoms with Crippen LogP contribution in [0.1, 0.15) is 16.1 Å². The van der Waals surface area contributed by atoms with Gasteiger partial charge in [0.05, 0.1) is 5.69 Å². The first-order valence-corrected chi connectivity index (χ1v) is 7.42. The van der Waals surface area contributed by atoms with Gasteiger partial charge in [-0.25, -0.2) is 4.98 Å². The van der Waals surface area contributed by atoms with Crippen molar-refractivity contribution >= 4 is 11.3 Å². The zero-order valence-electron chi connectivity index (χ0n) is 10.7. The maximum absolute atomic E-state index is 4.85. The van der Waals surface area contributed by atoms with Gasteiger partial charge in [-0.3, -0.25) is 0 Å². The number of nitrogens with zero attached hydrogens (tertiary/aromatic N) is 1.